The molecule has 0 saturated heterocycles. The van der Waals surface area contributed by atoms with Gasteiger partial charge < -0.3 is 10.4 Å². The van der Waals surface area contributed by atoms with Gasteiger partial charge >= 0.3 is 5.97 Å². The maximum Gasteiger partial charge on any atom is 0.325 e. The number of rotatable bonds is 4. The van der Waals surface area contributed by atoms with Crippen molar-refractivity contribution in [1.29, 1.82) is 0 Å². The minimum Gasteiger partial charge on any atom is -0.480 e. The summed E-state index contributed by atoms with van der Waals surface area (Å²) >= 11 is 0. The zero-order valence-electron chi connectivity index (χ0n) is 8.61. The van der Waals surface area contributed by atoms with Crippen molar-refractivity contribution in [1.82, 2.24) is 15.1 Å². The first-order valence-corrected chi connectivity index (χ1v) is 4.47. The van der Waals surface area contributed by atoms with E-state index in [0.717, 1.165) is 11.3 Å². The summed E-state index contributed by atoms with van der Waals surface area (Å²) < 4.78 is 1.49. The topological polar surface area (TPSA) is 67.2 Å². The van der Waals surface area contributed by atoms with E-state index < -0.39 is 5.97 Å². The normalized spacial score (nSPS) is 12.8. The molecule has 0 aliphatic carbocycles. The van der Waals surface area contributed by atoms with E-state index >= 15 is 0 Å². The van der Waals surface area contributed by atoms with Crippen LogP contribution < -0.4 is 5.32 Å². The molecule has 0 aromatic carbocycles. The molecule has 0 amide bonds. The highest BCUT2D eigenvalue weighted by atomic mass is 16.4. The predicted molar refractivity (Wildman–Crippen MR) is 52.1 cm³/mol. The molecule has 0 aliphatic heterocycles. The maximum atomic E-state index is 10.5. The van der Waals surface area contributed by atoms with Gasteiger partial charge in [0.25, 0.3) is 0 Å². The van der Waals surface area contributed by atoms with Crippen molar-refractivity contribution in [3.8, 4) is 0 Å². The van der Waals surface area contributed by atoms with Crippen molar-refractivity contribution in [2.24, 2.45) is 0 Å². The SMILES string of the molecule is CNC(C)c1cnn(CC(=O)O)c1C. The fraction of sp³-hybridized carbons (Fsp3) is 0.556. The molecule has 0 aliphatic rings. The molecular formula is C9H15N3O2. The second-order valence-electron chi connectivity index (χ2n) is 3.25. The Kier molecular flexibility index (Phi) is 3.24. The van der Waals surface area contributed by atoms with Gasteiger partial charge in [-0.25, -0.2) is 0 Å². The lowest BCUT2D eigenvalue weighted by Gasteiger charge is -2.09. The van der Waals surface area contributed by atoms with E-state index in [4.69, 9.17) is 5.11 Å². The van der Waals surface area contributed by atoms with Crippen LogP contribution in [0, 0.1) is 6.92 Å². The Balaban J connectivity index is 2.90. The summed E-state index contributed by atoms with van der Waals surface area (Å²) in [5, 5.41) is 15.7. The summed E-state index contributed by atoms with van der Waals surface area (Å²) in [6, 6.07) is 0.192. The summed E-state index contributed by atoms with van der Waals surface area (Å²) in [5.74, 6) is -0.875. The Morgan fingerprint density at radius 2 is 2.43 bits per heavy atom. The molecule has 1 rings (SSSR count). The van der Waals surface area contributed by atoms with Gasteiger partial charge in [-0.3, -0.25) is 9.48 Å². The molecule has 0 saturated carbocycles. The molecule has 1 heterocycles. The van der Waals surface area contributed by atoms with Crippen molar-refractivity contribution in [3.63, 3.8) is 0 Å². The first-order chi connectivity index (χ1) is 6.56. The maximum absolute atomic E-state index is 10.5. The van der Waals surface area contributed by atoms with Gasteiger partial charge in [0.1, 0.15) is 6.54 Å². The van der Waals surface area contributed by atoms with E-state index in [1.54, 1.807) is 6.20 Å². The third kappa shape index (κ3) is 2.11. The summed E-state index contributed by atoms with van der Waals surface area (Å²) in [7, 11) is 1.86. The summed E-state index contributed by atoms with van der Waals surface area (Å²) in [4.78, 5) is 10.5. The number of carbonyl (C=O) groups is 1. The quantitative estimate of drug-likeness (QED) is 0.740. The number of nitrogens with zero attached hydrogens (tertiary/aromatic N) is 2. The third-order valence-electron chi connectivity index (χ3n) is 2.33. The van der Waals surface area contributed by atoms with Gasteiger partial charge in [0.05, 0.1) is 6.20 Å². The lowest BCUT2D eigenvalue weighted by atomic mass is 10.1. The molecule has 1 aromatic heterocycles. The molecule has 1 unspecified atom stereocenters. The highest BCUT2D eigenvalue weighted by Gasteiger charge is 2.12. The van der Waals surface area contributed by atoms with Gasteiger partial charge in [0.2, 0.25) is 0 Å². The van der Waals surface area contributed by atoms with Crippen LogP contribution in [0.4, 0.5) is 0 Å². The van der Waals surface area contributed by atoms with Crippen LogP contribution in [-0.4, -0.2) is 27.9 Å². The van der Waals surface area contributed by atoms with Crippen molar-refractivity contribution >= 4 is 5.97 Å². The molecule has 0 fully saturated rings. The van der Waals surface area contributed by atoms with Crippen molar-refractivity contribution in [3.05, 3.63) is 17.5 Å². The standard InChI is InChI=1S/C9H15N3O2/c1-6(10-3)8-4-11-12(7(8)2)5-9(13)14/h4,6,10H,5H2,1-3H3,(H,13,14). The fourth-order valence-corrected chi connectivity index (χ4v) is 1.33. The van der Waals surface area contributed by atoms with Gasteiger partial charge in [-0.1, -0.05) is 0 Å². The molecule has 1 aromatic rings. The molecule has 1 atom stereocenters. The fourth-order valence-electron chi connectivity index (χ4n) is 1.33. The van der Waals surface area contributed by atoms with Crippen molar-refractivity contribution < 1.29 is 9.90 Å². The molecular weight excluding hydrogens is 182 g/mol. The van der Waals surface area contributed by atoms with Crippen LogP contribution in [-0.2, 0) is 11.3 Å². The summed E-state index contributed by atoms with van der Waals surface area (Å²) in [6.45, 7) is 3.80. The number of carboxylic acids is 1. The molecule has 0 spiro atoms. The van der Waals surface area contributed by atoms with Crippen LogP contribution in [0.2, 0.25) is 0 Å². The van der Waals surface area contributed by atoms with Crippen molar-refractivity contribution in [2.75, 3.05) is 7.05 Å². The van der Waals surface area contributed by atoms with E-state index in [-0.39, 0.29) is 12.6 Å². The number of nitrogens with one attached hydrogen (secondary N) is 1. The lowest BCUT2D eigenvalue weighted by Crippen LogP contribution is -2.15. The Labute approximate surface area is 82.7 Å². The van der Waals surface area contributed by atoms with E-state index in [2.05, 4.69) is 10.4 Å². The highest BCUT2D eigenvalue weighted by Crippen LogP contribution is 2.15. The molecule has 5 nitrogen and oxygen atoms in total. The smallest absolute Gasteiger partial charge is 0.325 e. The van der Waals surface area contributed by atoms with Gasteiger partial charge in [0.15, 0.2) is 0 Å². The molecule has 14 heavy (non-hydrogen) atoms. The van der Waals surface area contributed by atoms with Crippen LogP contribution in [0.15, 0.2) is 6.20 Å². The Morgan fingerprint density at radius 3 is 2.93 bits per heavy atom. The zero-order valence-corrected chi connectivity index (χ0v) is 8.61. The van der Waals surface area contributed by atoms with E-state index in [0.29, 0.717) is 0 Å². The van der Waals surface area contributed by atoms with E-state index in [9.17, 15) is 4.79 Å². The van der Waals surface area contributed by atoms with E-state index in [1.165, 1.54) is 4.68 Å². The zero-order chi connectivity index (χ0) is 10.7. The molecule has 78 valence electrons. The van der Waals surface area contributed by atoms with E-state index in [1.807, 2.05) is 20.9 Å². The average molecular weight is 197 g/mol. The second-order valence-corrected chi connectivity index (χ2v) is 3.25. The molecule has 0 radical (unpaired) electrons. The summed E-state index contributed by atoms with van der Waals surface area (Å²) in [5.41, 5.74) is 1.93. The minimum absolute atomic E-state index is 0.0811. The average Bonchev–Trinajstić information content (AvgIpc) is 2.46. The first-order valence-electron chi connectivity index (χ1n) is 4.47. The highest BCUT2D eigenvalue weighted by molar-refractivity contribution is 5.66. The number of aromatic nitrogens is 2. The monoisotopic (exact) mass is 197 g/mol. The van der Waals surface area contributed by atoms with Crippen LogP contribution in [0.5, 0.6) is 0 Å². The lowest BCUT2D eigenvalue weighted by molar-refractivity contribution is -0.137. The van der Waals surface area contributed by atoms with Gasteiger partial charge in [-0.05, 0) is 20.9 Å². The molecule has 5 heteroatoms. The van der Waals surface area contributed by atoms with Crippen LogP contribution in [0.25, 0.3) is 0 Å². The number of carboxylic acid groups (broad SMARTS) is 1. The van der Waals surface area contributed by atoms with Crippen LogP contribution in [0.3, 0.4) is 0 Å². The third-order valence-corrected chi connectivity index (χ3v) is 2.33. The molecule has 2 N–H and O–H groups in total. The molecule has 0 bridgehead atoms. The van der Waals surface area contributed by atoms with Crippen LogP contribution in [0.1, 0.15) is 24.2 Å². The predicted octanol–water partition coefficient (Wildman–Crippen LogP) is 0.557. The second kappa shape index (κ2) is 4.23. The van der Waals surface area contributed by atoms with Gasteiger partial charge in [-0.2, -0.15) is 5.10 Å². The van der Waals surface area contributed by atoms with Crippen LogP contribution >= 0.6 is 0 Å². The largest absolute Gasteiger partial charge is 0.480 e. The van der Waals surface area contributed by atoms with Crippen molar-refractivity contribution in [2.45, 2.75) is 26.4 Å². The Morgan fingerprint density at radius 1 is 1.79 bits per heavy atom. The Hall–Kier alpha value is -1.36. The number of aliphatic carboxylic acids is 1. The first kappa shape index (κ1) is 10.7. The van der Waals surface area contributed by atoms with Gasteiger partial charge in [-0.15, -0.1) is 0 Å². The Bertz CT molecular complexity index is 333. The minimum atomic E-state index is -0.875. The number of hydrogen-bond acceptors (Lipinski definition) is 3. The number of hydrogen-bond donors (Lipinski definition) is 2. The van der Waals surface area contributed by atoms with Gasteiger partial charge in [0, 0.05) is 17.3 Å². The summed E-state index contributed by atoms with van der Waals surface area (Å²) in [6.07, 6.45) is 1.71.